The van der Waals surface area contributed by atoms with Gasteiger partial charge in [0.25, 0.3) is 0 Å². The Morgan fingerprint density at radius 3 is 2.82 bits per heavy atom. The normalized spacial score (nSPS) is 19.5. The number of hydrazone groups is 1. The molecular weight excluding hydrogens is 230 g/mol. The number of aromatic nitrogens is 1. The van der Waals surface area contributed by atoms with E-state index in [1.165, 1.54) is 5.56 Å². The molecule has 0 amide bonds. The topological polar surface area (TPSA) is 28.5 Å². The van der Waals surface area contributed by atoms with Crippen LogP contribution in [0.4, 0.5) is 0 Å². The first kappa shape index (κ1) is 10.5. The smallest absolute Gasteiger partial charge is 0.117 e. The van der Waals surface area contributed by atoms with Crippen LogP contribution in [0.25, 0.3) is 0 Å². The second kappa shape index (κ2) is 4.30. The number of nitrogens with zero attached hydrogens (tertiary/aromatic N) is 3. The quantitative estimate of drug-likeness (QED) is 0.811. The molecule has 1 atom stereocenters. The monoisotopic (exact) mass is 243 g/mol. The molecule has 0 aliphatic carbocycles. The van der Waals surface area contributed by atoms with Crippen molar-refractivity contribution in [3.8, 4) is 0 Å². The van der Waals surface area contributed by atoms with E-state index >= 15 is 0 Å². The molecule has 0 N–H and O–H groups in total. The summed E-state index contributed by atoms with van der Waals surface area (Å²) in [5, 5.41) is 9.79. The second-order valence-electron chi connectivity index (χ2n) is 4.08. The molecule has 0 fully saturated rings. The highest BCUT2D eigenvalue weighted by atomic mass is 32.1. The molecule has 2 heterocycles. The highest BCUT2D eigenvalue weighted by Crippen LogP contribution is 2.31. The molecule has 4 heteroatoms. The van der Waals surface area contributed by atoms with Crippen molar-refractivity contribution in [3.63, 3.8) is 0 Å². The van der Waals surface area contributed by atoms with Gasteiger partial charge in [-0.25, -0.2) is 4.98 Å². The minimum Gasteiger partial charge on any atom is -0.290 e. The van der Waals surface area contributed by atoms with Gasteiger partial charge in [0.15, 0.2) is 0 Å². The lowest BCUT2D eigenvalue weighted by molar-refractivity contribution is 0.289. The van der Waals surface area contributed by atoms with Crippen LogP contribution in [0, 0.1) is 0 Å². The van der Waals surface area contributed by atoms with Crippen molar-refractivity contribution in [2.75, 3.05) is 7.05 Å². The maximum Gasteiger partial charge on any atom is 0.117 e. The van der Waals surface area contributed by atoms with Gasteiger partial charge in [0.1, 0.15) is 11.0 Å². The van der Waals surface area contributed by atoms with Gasteiger partial charge in [-0.3, -0.25) is 5.01 Å². The summed E-state index contributed by atoms with van der Waals surface area (Å²) >= 11 is 1.70. The van der Waals surface area contributed by atoms with E-state index in [-0.39, 0.29) is 0 Å². The summed E-state index contributed by atoms with van der Waals surface area (Å²) in [5.41, 5.74) is 2.35. The molecule has 0 saturated carbocycles. The summed E-state index contributed by atoms with van der Waals surface area (Å²) < 4.78 is 0. The van der Waals surface area contributed by atoms with Gasteiger partial charge in [0.2, 0.25) is 0 Å². The summed E-state index contributed by atoms with van der Waals surface area (Å²) in [7, 11) is 2.02. The minimum atomic E-state index is 0.296. The van der Waals surface area contributed by atoms with Gasteiger partial charge in [0, 0.05) is 25.0 Å². The van der Waals surface area contributed by atoms with E-state index in [4.69, 9.17) is 0 Å². The Bertz CT molecular complexity index is 519. The Labute approximate surface area is 104 Å². The van der Waals surface area contributed by atoms with E-state index in [0.717, 1.165) is 17.1 Å². The predicted molar refractivity (Wildman–Crippen MR) is 70.2 cm³/mol. The molecular formula is C13H13N3S. The molecule has 0 bridgehead atoms. The first-order chi connectivity index (χ1) is 8.34. The van der Waals surface area contributed by atoms with Crippen LogP contribution in [0.3, 0.4) is 0 Å². The summed E-state index contributed by atoms with van der Waals surface area (Å²) in [6.07, 6.45) is 2.79. The maximum absolute atomic E-state index is 4.61. The molecule has 1 unspecified atom stereocenters. The first-order valence-corrected chi connectivity index (χ1v) is 6.47. The SMILES string of the molecule is CN1N=C(c2ccccc2)CC1c1nccs1. The molecule has 0 radical (unpaired) electrons. The van der Waals surface area contributed by atoms with E-state index in [1.54, 1.807) is 11.3 Å². The minimum absolute atomic E-state index is 0.296. The third-order valence-corrected chi connectivity index (χ3v) is 3.84. The Morgan fingerprint density at radius 2 is 2.12 bits per heavy atom. The van der Waals surface area contributed by atoms with Crippen LogP contribution in [0.1, 0.15) is 23.0 Å². The number of hydrogen-bond acceptors (Lipinski definition) is 4. The fourth-order valence-electron chi connectivity index (χ4n) is 2.07. The second-order valence-corrected chi connectivity index (χ2v) is 5.00. The van der Waals surface area contributed by atoms with Crippen molar-refractivity contribution in [3.05, 3.63) is 52.5 Å². The molecule has 3 rings (SSSR count). The molecule has 3 nitrogen and oxygen atoms in total. The van der Waals surface area contributed by atoms with Crippen LogP contribution >= 0.6 is 11.3 Å². The predicted octanol–water partition coefficient (Wildman–Crippen LogP) is 2.92. The van der Waals surface area contributed by atoms with Crippen LogP contribution in [0.2, 0.25) is 0 Å². The Kier molecular flexibility index (Phi) is 2.65. The highest BCUT2D eigenvalue weighted by molar-refractivity contribution is 7.09. The molecule has 86 valence electrons. The van der Waals surface area contributed by atoms with Crippen molar-refractivity contribution in [1.82, 2.24) is 9.99 Å². The van der Waals surface area contributed by atoms with Crippen molar-refractivity contribution >= 4 is 17.0 Å². The molecule has 0 saturated heterocycles. The van der Waals surface area contributed by atoms with Gasteiger partial charge in [0.05, 0.1) is 5.71 Å². The average Bonchev–Trinajstić information content (AvgIpc) is 2.99. The molecule has 1 aromatic carbocycles. The Morgan fingerprint density at radius 1 is 1.29 bits per heavy atom. The summed E-state index contributed by atoms with van der Waals surface area (Å²) in [5.74, 6) is 0. The van der Waals surface area contributed by atoms with Gasteiger partial charge in [-0.15, -0.1) is 11.3 Å². The molecule has 0 spiro atoms. The van der Waals surface area contributed by atoms with Crippen LogP contribution in [-0.2, 0) is 0 Å². The van der Waals surface area contributed by atoms with Crippen molar-refractivity contribution in [1.29, 1.82) is 0 Å². The van der Waals surface area contributed by atoms with E-state index in [0.29, 0.717) is 6.04 Å². The van der Waals surface area contributed by atoms with Crippen molar-refractivity contribution in [2.45, 2.75) is 12.5 Å². The van der Waals surface area contributed by atoms with Crippen molar-refractivity contribution in [2.24, 2.45) is 5.10 Å². The fraction of sp³-hybridized carbons (Fsp3) is 0.231. The summed E-state index contributed by atoms with van der Waals surface area (Å²) in [6, 6.07) is 10.6. The van der Waals surface area contributed by atoms with Gasteiger partial charge in [-0.05, 0) is 5.56 Å². The Balaban J connectivity index is 1.85. The van der Waals surface area contributed by atoms with Gasteiger partial charge in [-0.2, -0.15) is 5.10 Å². The van der Waals surface area contributed by atoms with Crippen LogP contribution in [0.15, 0.2) is 47.0 Å². The largest absolute Gasteiger partial charge is 0.290 e. The van der Waals surface area contributed by atoms with E-state index in [9.17, 15) is 0 Å². The first-order valence-electron chi connectivity index (χ1n) is 5.60. The zero-order chi connectivity index (χ0) is 11.7. The molecule has 1 aromatic heterocycles. The third-order valence-electron chi connectivity index (χ3n) is 2.96. The van der Waals surface area contributed by atoms with Crippen LogP contribution in [0.5, 0.6) is 0 Å². The molecule has 17 heavy (non-hydrogen) atoms. The standard InChI is InChI=1S/C13H13N3S/c1-16-12(13-14-7-8-17-13)9-11(15-16)10-5-3-2-4-6-10/h2-8,12H,9H2,1H3. The lowest BCUT2D eigenvalue weighted by Crippen LogP contribution is -2.13. The van der Waals surface area contributed by atoms with E-state index in [1.807, 2.05) is 29.7 Å². The van der Waals surface area contributed by atoms with Crippen molar-refractivity contribution < 1.29 is 0 Å². The number of hydrogen-bond donors (Lipinski definition) is 0. The van der Waals surface area contributed by atoms with Crippen LogP contribution in [-0.4, -0.2) is 22.8 Å². The van der Waals surface area contributed by atoms with E-state index in [2.05, 4.69) is 34.4 Å². The number of rotatable bonds is 2. The Hall–Kier alpha value is -1.68. The summed E-state index contributed by atoms with van der Waals surface area (Å²) in [4.78, 5) is 4.38. The van der Waals surface area contributed by atoms with Crippen LogP contribution < -0.4 is 0 Å². The maximum atomic E-state index is 4.61. The van der Waals surface area contributed by atoms with E-state index < -0.39 is 0 Å². The molecule has 2 aromatic rings. The number of thiazole rings is 1. The lowest BCUT2D eigenvalue weighted by Gasteiger charge is -2.15. The fourth-order valence-corrected chi connectivity index (χ4v) is 2.84. The van der Waals surface area contributed by atoms with Gasteiger partial charge < -0.3 is 0 Å². The zero-order valence-electron chi connectivity index (χ0n) is 9.58. The third kappa shape index (κ3) is 1.96. The average molecular weight is 243 g/mol. The zero-order valence-corrected chi connectivity index (χ0v) is 10.4. The lowest BCUT2D eigenvalue weighted by atomic mass is 10.0. The molecule has 1 aliphatic heterocycles. The highest BCUT2D eigenvalue weighted by Gasteiger charge is 2.27. The van der Waals surface area contributed by atoms with Gasteiger partial charge in [-0.1, -0.05) is 30.3 Å². The van der Waals surface area contributed by atoms with Gasteiger partial charge >= 0.3 is 0 Å². The number of benzene rings is 1. The molecule has 1 aliphatic rings. The summed E-state index contributed by atoms with van der Waals surface area (Å²) in [6.45, 7) is 0.